The molecule has 1 rings (SSSR count). The normalized spacial score (nSPS) is 22.9. The Balaban J connectivity index is 2.40. The van der Waals surface area contributed by atoms with Gasteiger partial charge in [-0.25, -0.2) is 0 Å². The van der Waals surface area contributed by atoms with Crippen molar-refractivity contribution in [2.75, 3.05) is 19.6 Å². The van der Waals surface area contributed by atoms with Crippen LogP contribution in [0.1, 0.15) is 46.5 Å². The van der Waals surface area contributed by atoms with Gasteiger partial charge in [0.2, 0.25) is 0 Å². The molecule has 0 amide bonds. The first-order chi connectivity index (χ1) is 7.53. The van der Waals surface area contributed by atoms with Gasteiger partial charge in [-0.05, 0) is 31.3 Å². The second-order valence-electron chi connectivity index (χ2n) is 5.25. The third-order valence-electron chi connectivity index (χ3n) is 4.37. The third-order valence-corrected chi connectivity index (χ3v) is 4.37. The fourth-order valence-corrected chi connectivity index (χ4v) is 2.63. The number of carboxylic acid groups (broad SMARTS) is 1. The van der Waals surface area contributed by atoms with Gasteiger partial charge in [0.1, 0.15) is 0 Å². The highest BCUT2D eigenvalue weighted by Crippen LogP contribution is 2.37. The van der Waals surface area contributed by atoms with Gasteiger partial charge >= 0.3 is 5.97 Å². The summed E-state index contributed by atoms with van der Waals surface area (Å²) in [6.45, 7) is 9.19. The molecule has 1 atom stereocenters. The Labute approximate surface area is 98.8 Å². The zero-order valence-corrected chi connectivity index (χ0v) is 10.8. The Hall–Kier alpha value is -0.570. The lowest BCUT2D eigenvalue weighted by Gasteiger charge is -2.41. The minimum atomic E-state index is -0.678. The van der Waals surface area contributed by atoms with E-state index in [9.17, 15) is 4.79 Å². The van der Waals surface area contributed by atoms with E-state index in [1.54, 1.807) is 6.92 Å². The average molecular weight is 227 g/mol. The molecule has 0 spiro atoms. The Morgan fingerprint density at radius 2 is 1.81 bits per heavy atom. The lowest BCUT2D eigenvalue weighted by atomic mass is 9.74. The molecular formula is C13H25NO2. The number of hydrogen-bond donors (Lipinski definition) is 1. The standard InChI is InChI=1S/C13H25NO2/c1-4-13(5-2)6-8-14(9-7-13)10-11(3)12(15)16/h11H,4-10H2,1-3H3,(H,15,16). The first kappa shape index (κ1) is 13.5. The van der Waals surface area contributed by atoms with Crippen molar-refractivity contribution in [3.05, 3.63) is 0 Å². The third kappa shape index (κ3) is 3.21. The molecule has 3 nitrogen and oxygen atoms in total. The van der Waals surface area contributed by atoms with Crippen molar-refractivity contribution in [3.8, 4) is 0 Å². The second kappa shape index (κ2) is 5.67. The maximum absolute atomic E-state index is 10.8. The van der Waals surface area contributed by atoms with E-state index in [0.717, 1.165) is 13.1 Å². The summed E-state index contributed by atoms with van der Waals surface area (Å²) in [7, 11) is 0. The van der Waals surface area contributed by atoms with Crippen LogP contribution in [0.15, 0.2) is 0 Å². The summed E-state index contributed by atoms with van der Waals surface area (Å²) in [4.78, 5) is 13.1. The lowest BCUT2D eigenvalue weighted by molar-refractivity contribution is -0.141. The highest BCUT2D eigenvalue weighted by atomic mass is 16.4. The van der Waals surface area contributed by atoms with Crippen molar-refractivity contribution in [3.63, 3.8) is 0 Å². The van der Waals surface area contributed by atoms with Gasteiger partial charge < -0.3 is 10.0 Å². The summed E-state index contributed by atoms with van der Waals surface area (Å²) in [5, 5.41) is 8.88. The first-order valence-corrected chi connectivity index (χ1v) is 6.48. The quantitative estimate of drug-likeness (QED) is 0.785. The monoisotopic (exact) mass is 227 g/mol. The van der Waals surface area contributed by atoms with Crippen LogP contribution in [0.2, 0.25) is 0 Å². The molecule has 16 heavy (non-hydrogen) atoms. The molecule has 0 aromatic rings. The van der Waals surface area contributed by atoms with Gasteiger partial charge in [-0.2, -0.15) is 0 Å². The molecule has 1 aliphatic rings. The zero-order chi connectivity index (χ0) is 12.2. The van der Waals surface area contributed by atoms with Gasteiger partial charge in [0.05, 0.1) is 5.92 Å². The number of carboxylic acids is 1. The number of aliphatic carboxylic acids is 1. The molecule has 0 saturated carbocycles. The van der Waals surface area contributed by atoms with Gasteiger partial charge in [-0.3, -0.25) is 4.79 Å². The first-order valence-electron chi connectivity index (χ1n) is 6.48. The predicted octanol–water partition coefficient (Wildman–Crippen LogP) is 2.61. The van der Waals surface area contributed by atoms with Crippen molar-refractivity contribution in [1.29, 1.82) is 0 Å². The number of likely N-dealkylation sites (tertiary alicyclic amines) is 1. The topological polar surface area (TPSA) is 40.5 Å². The number of nitrogens with zero attached hydrogens (tertiary/aromatic N) is 1. The van der Waals surface area contributed by atoms with Crippen LogP contribution in [0.25, 0.3) is 0 Å². The Bertz CT molecular complexity index is 226. The number of carbonyl (C=O) groups is 1. The van der Waals surface area contributed by atoms with E-state index >= 15 is 0 Å². The van der Waals surface area contributed by atoms with Crippen LogP contribution < -0.4 is 0 Å². The summed E-state index contributed by atoms with van der Waals surface area (Å²) in [5.74, 6) is -0.918. The molecule has 1 aliphatic heterocycles. The van der Waals surface area contributed by atoms with E-state index in [-0.39, 0.29) is 5.92 Å². The molecule has 1 fully saturated rings. The lowest BCUT2D eigenvalue weighted by Crippen LogP contribution is -2.42. The zero-order valence-electron chi connectivity index (χ0n) is 10.8. The Kier molecular flexibility index (Phi) is 4.78. The SMILES string of the molecule is CCC1(CC)CCN(CC(C)C(=O)O)CC1. The molecule has 1 heterocycles. The average Bonchev–Trinajstić information content (AvgIpc) is 2.30. The van der Waals surface area contributed by atoms with E-state index in [1.807, 2.05) is 0 Å². The van der Waals surface area contributed by atoms with Gasteiger partial charge in [0, 0.05) is 6.54 Å². The minimum Gasteiger partial charge on any atom is -0.481 e. The Morgan fingerprint density at radius 3 is 2.19 bits per heavy atom. The molecular weight excluding hydrogens is 202 g/mol. The Morgan fingerprint density at radius 1 is 1.31 bits per heavy atom. The van der Waals surface area contributed by atoms with Crippen LogP contribution in [0, 0.1) is 11.3 Å². The minimum absolute atomic E-state index is 0.240. The van der Waals surface area contributed by atoms with Crippen molar-refractivity contribution in [2.24, 2.45) is 11.3 Å². The van der Waals surface area contributed by atoms with Gasteiger partial charge in [0.25, 0.3) is 0 Å². The summed E-state index contributed by atoms with van der Waals surface area (Å²) in [6, 6.07) is 0. The molecule has 3 heteroatoms. The summed E-state index contributed by atoms with van der Waals surface area (Å²) in [5.41, 5.74) is 0.531. The van der Waals surface area contributed by atoms with Crippen molar-refractivity contribution in [1.82, 2.24) is 4.90 Å². The van der Waals surface area contributed by atoms with Crippen molar-refractivity contribution < 1.29 is 9.90 Å². The maximum Gasteiger partial charge on any atom is 0.307 e. The van der Waals surface area contributed by atoms with Crippen LogP contribution >= 0.6 is 0 Å². The largest absolute Gasteiger partial charge is 0.481 e. The summed E-state index contributed by atoms with van der Waals surface area (Å²) < 4.78 is 0. The number of piperidine rings is 1. The molecule has 1 N–H and O–H groups in total. The molecule has 0 bridgehead atoms. The van der Waals surface area contributed by atoms with Crippen molar-refractivity contribution in [2.45, 2.75) is 46.5 Å². The van der Waals surface area contributed by atoms with Crippen LogP contribution in [-0.4, -0.2) is 35.6 Å². The summed E-state index contributed by atoms with van der Waals surface area (Å²) >= 11 is 0. The molecule has 1 unspecified atom stereocenters. The van der Waals surface area contributed by atoms with Gasteiger partial charge in [-0.1, -0.05) is 33.6 Å². The van der Waals surface area contributed by atoms with Crippen molar-refractivity contribution >= 4 is 5.97 Å². The van der Waals surface area contributed by atoms with Gasteiger partial charge in [0.15, 0.2) is 0 Å². The van der Waals surface area contributed by atoms with Crippen LogP contribution in [-0.2, 0) is 4.79 Å². The van der Waals surface area contributed by atoms with Crippen LogP contribution in [0.3, 0.4) is 0 Å². The maximum atomic E-state index is 10.8. The summed E-state index contributed by atoms with van der Waals surface area (Å²) in [6.07, 6.45) is 4.97. The molecule has 0 radical (unpaired) electrons. The molecule has 1 saturated heterocycles. The highest BCUT2D eigenvalue weighted by Gasteiger charge is 2.31. The van der Waals surface area contributed by atoms with E-state index < -0.39 is 5.97 Å². The number of hydrogen-bond acceptors (Lipinski definition) is 2. The van der Waals surface area contributed by atoms with E-state index in [1.165, 1.54) is 25.7 Å². The smallest absolute Gasteiger partial charge is 0.307 e. The second-order valence-corrected chi connectivity index (χ2v) is 5.25. The predicted molar refractivity (Wildman–Crippen MR) is 65.5 cm³/mol. The molecule has 0 aromatic carbocycles. The fourth-order valence-electron chi connectivity index (χ4n) is 2.63. The number of rotatable bonds is 5. The fraction of sp³-hybridized carbons (Fsp3) is 0.923. The van der Waals surface area contributed by atoms with E-state index in [0.29, 0.717) is 12.0 Å². The molecule has 94 valence electrons. The molecule has 0 aliphatic carbocycles. The van der Waals surface area contributed by atoms with Crippen LogP contribution in [0.4, 0.5) is 0 Å². The molecule has 0 aromatic heterocycles. The van der Waals surface area contributed by atoms with Crippen LogP contribution in [0.5, 0.6) is 0 Å². The van der Waals surface area contributed by atoms with Gasteiger partial charge in [-0.15, -0.1) is 0 Å². The highest BCUT2D eigenvalue weighted by molar-refractivity contribution is 5.69. The van der Waals surface area contributed by atoms with E-state index in [2.05, 4.69) is 18.7 Å². The van der Waals surface area contributed by atoms with E-state index in [4.69, 9.17) is 5.11 Å².